The van der Waals surface area contributed by atoms with Crippen molar-refractivity contribution in [1.29, 1.82) is 0 Å². The number of nitrogens with zero attached hydrogens (tertiary/aromatic N) is 1. The Hall–Kier alpha value is -2.19. The third kappa shape index (κ3) is 7.07. The summed E-state index contributed by atoms with van der Waals surface area (Å²) in [7, 11) is 0. The first-order valence-corrected chi connectivity index (χ1v) is 6.72. The lowest BCUT2D eigenvalue weighted by atomic mass is 10.1. The van der Waals surface area contributed by atoms with Crippen molar-refractivity contribution in [3.63, 3.8) is 0 Å². The van der Waals surface area contributed by atoms with Crippen molar-refractivity contribution in [3.05, 3.63) is 39.9 Å². The molecule has 8 nitrogen and oxygen atoms in total. The predicted molar refractivity (Wildman–Crippen MR) is 88.5 cm³/mol. The highest BCUT2D eigenvalue weighted by Gasteiger charge is 2.20. The minimum Gasteiger partial charge on any atom is -0.353 e. The lowest BCUT2D eigenvalue weighted by molar-refractivity contribution is -0.384. The second kappa shape index (κ2) is 8.44. The molecule has 9 heteroatoms. The summed E-state index contributed by atoms with van der Waals surface area (Å²) in [6.07, 6.45) is 0. The van der Waals surface area contributed by atoms with Gasteiger partial charge in [0.15, 0.2) is 0 Å². The molecule has 128 valence electrons. The SMILES string of the molecule is CC(NC(=O)c1cccc([N+](=O)[O-])c1)C(=O)NCC(C)(C)N.Cl. The Labute approximate surface area is 140 Å². The zero-order valence-electron chi connectivity index (χ0n) is 13.2. The average Bonchev–Trinajstić information content (AvgIpc) is 2.43. The van der Waals surface area contributed by atoms with Crippen LogP contribution in [0.3, 0.4) is 0 Å². The molecule has 0 aliphatic rings. The fourth-order valence-electron chi connectivity index (χ4n) is 1.57. The van der Waals surface area contributed by atoms with Crippen LogP contribution in [0.4, 0.5) is 5.69 Å². The van der Waals surface area contributed by atoms with Gasteiger partial charge in [0, 0.05) is 29.8 Å². The molecule has 0 aliphatic heterocycles. The third-order valence-corrected chi connectivity index (χ3v) is 2.78. The van der Waals surface area contributed by atoms with Crippen LogP contribution in [0.2, 0.25) is 0 Å². The number of hydrogen-bond acceptors (Lipinski definition) is 5. The van der Waals surface area contributed by atoms with Crippen molar-refractivity contribution < 1.29 is 14.5 Å². The standard InChI is InChI=1S/C14H20N4O4.ClH/c1-9(12(19)16-8-14(2,3)15)17-13(20)10-5-4-6-11(7-10)18(21)22;/h4-7,9H,8,15H2,1-3H3,(H,16,19)(H,17,20);1H. The maximum atomic E-state index is 12.0. The molecule has 1 unspecified atom stereocenters. The molecule has 0 saturated carbocycles. The minimum absolute atomic E-state index is 0. The molecule has 1 rings (SSSR count). The first-order chi connectivity index (χ1) is 10.1. The van der Waals surface area contributed by atoms with Crippen molar-refractivity contribution >= 4 is 29.9 Å². The fraction of sp³-hybridized carbons (Fsp3) is 0.429. The number of carbonyl (C=O) groups is 2. The molecule has 0 aromatic heterocycles. The lowest BCUT2D eigenvalue weighted by Crippen LogP contribution is -2.51. The zero-order chi connectivity index (χ0) is 16.9. The maximum Gasteiger partial charge on any atom is 0.270 e. The molecule has 1 aromatic carbocycles. The number of benzene rings is 1. The number of nitrogens with one attached hydrogen (secondary N) is 2. The first kappa shape index (κ1) is 20.8. The normalized spacial score (nSPS) is 11.8. The van der Waals surface area contributed by atoms with E-state index in [4.69, 9.17) is 5.73 Å². The summed E-state index contributed by atoms with van der Waals surface area (Å²) in [6, 6.07) is 4.51. The zero-order valence-corrected chi connectivity index (χ0v) is 14.0. The summed E-state index contributed by atoms with van der Waals surface area (Å²) in [5.74, 6) is -0.935. The van der Waals surface area contributed by atoms with Gasteiger partial charge < -0.3 is 16.4 Å². The fourth-order valence-corrected chi connectivity index (χ4v) is 1.57. The lowest BCUT2D eigenvalue weighted by Gasteiger charge is -2.21. The molecule has 0 saturated heterocycles. The number of nitro benzene ring substituents is 1. The van der Waals surface area contributed by atoms with Gasteiger partial charge in [-0.2, -0.15) is 0 Å². The number of nitrogens with two attached hydrogens (primary N) is 1. The summed E-state index contributed by atoms with van der Waals surface area (Å²) in [5, 5.41) is 15.8. The molecule has 0 aliphatic carbocycles. The second-order valence-corrected chi connectivity index (χ2v) is 5.71. The molecule has 23 heavy (non-hydrogen) atoms. The number of halogens is 1. The second-order valence-electron chi connectivity index (χ2n) is 5.71. The molecule has 2 amide bonds. The number of carbonyl (C=O) groups excluding carboxylic acids is 2. The Balaban J connectivity index is 0.00000484. The van der Waals surface area contributed by atoms with Crippen molar-refractivity contribution in [2.45, 2.75) is 32.4 Å². The quantitative estimate of drug-likeness (QED) is 0.523. The van der Waals surface area contributed by atoms with E-state index >= 15 is 0 Å². The van der Waals surface area contributed by atoms with Gasteiger partial charge in [-0.05, 0) is 26.8 Å². The van der Waals surface area contributed by atoms with E-state index in [0.717, 1.165) is 6.07 Å². The van der Waals surface area contributed by atoms with E-state index in [1.54, 1.807) is 13.8 Å². The van der Waals surface area contributed by atoms with E-state index in [1.165, 1.54) is 25.1 Å². The molecule has 0 bridgehead atoms. The highest BCUT2D eigenvalue weighted by atomic mass is 35.5. The van der Waals surface area contributed by atoms with Gasteiger partial charge in [0.05, 0.1) is 4.92 Å². The van der Waals surface area contributed by atoms with E-state index in [0.29, 0.717) is 0 Å². The van der Waals surface area contributed by atoms with E-state index in [1.807, 2.05) is 0 Å². The van der Waals surface area contributed by atoms with Gasteiger partial charge >= 0.3 is 0 Å². The van der Waals surface area contributed by atoms with Crippen LogP contribution in [0, 0.1) is 10.1 Å². The van der Waals surface area contributed by atoms with E-state index in [9.17, 15) is 19.7 Å². The largest absolute Gasteiger partial charge is 0.353 e. The molecule has 0 fully saturated rings. The smallest absolute Gasteiger partial charge is 0.270 e. The van der Waals surface area contributed by atoms with E-state index < -0.39 is 22.4 Å². The van der Waals surface area contributed by atoms with Crippen LogP contribution < -0.4 is 16.4 Å². The van der Waals surface area contributed by atoms with Crippen LogP contribution in [-0.4, -0.2) is 34.9 Å². The van der Waals surface area contributed by atoms with Crippen molar-refractivity contribution in [2.75, 3.05) is 6.54 Å². The number of hydrogen-bond donors (Lipinski definition) is 3. The average molecular weight is 345 g/mol. The van der Waals surface area contributed by atoms with E-state index in [-0.39, 0.29) is 36.1 Å². The molecular weight excluding hydrogens is 324 g/mol. The third-order valence-electron chi connectivity index (χ3n) is 2.78. The van der Waals surface area contributed by atoms with Crippen molar-refractivity contribution in [1.82, 2.24) is 10.6 Å². The number of amides is 2. The van der Waals surface area contributed by atoms with Gasteiger partial charge in [0.25, 0.3) is 11.6 Å². The highest BCUT2D eigenvalue weighted by molar-refractivity contribution is 5.97. The Kier molecular flexibility index (Phi) is 7.64. The highest BCUT2D eigenvalue weighted by Crippen LogP contribution is 2.13. The Morgan fingerprint density at radius 3 is 2.52 bits per heavy atom. The minimum atomic E-state index is -0.783. The Bertz CT molecular complexity index is 586. The van der Waals surface area contributed by atoms with Crippen LogP contribution in [-0.2, 0) is 4.79 Å². The van der Waals surface area contributed by atoms with Crippen LogP contribution in [0.15, 0.2) is 24.3 Å². The Morgan fingerprint density at radius 2 is 2.00 bits per heavy atom. The topological polar surface area (TPSA) is 127 Å². The van der Waals surface area contributed by atoms with Crippen LogP contribution in [0.5, 0.6) is 0 Å². The van der Waals surface area contributed by atoms with Crippen LogP contribution in [0.1, 0.15) is 31.1 Å². The number of rotatable bonds is 6. The first-order valence-electron chi connectivity index (χ1n) is 6.72. The van der Waals surface area contributed by atoms with Crippen LogP contribution in [0.25, 0.3) is 0 Å². The number of nitro groups is 1. The summed E-state index contributed by atoms with van der Waals surface area (Å²) >= 11 is 0. The van der Waals surface area contributed by atoms with Gasteiger partial charge in [-0.25, -0.2) is 0 Å². The maximum absolute atomic E-state index is 12.0. The van der Waals surface area contributed by atoms with Gasteiger partial charge in [-0.3, -0.25) is 19.7 Å². The Morgan fingerprint density at radius 1 is 1.39 bits per heavy atom. The molecular formula is C14H21ClN4O4. The number of non-ortho nitro benzene ring substituents is 1. The van der Waals surface area contributed by atoms with Crippen LogP contribution >= 0.6 is 12.4 Å². The summed E-state index contributed by atoms with van der Waals surface area (Å²) < 4.78 is 0. The summed E-state index contributed by atoms with van der Waals surface area (Å²) in [5.41, 5.74) is 5.13. The van der Waals surface area contributed by atoms with Gasteiger partial charge in [-0.15, -0.1) is 12.4 Å². The molecule has 0 heterocycles. The molecule has 0 radical (unpaired) electrons. The summed E-state index contributed by atoms with van der Waals surface area (Å²) in [4.78, 5) is 33.9. The van der Waals surface area contributed by atoms with Gasteiger partial charge in [-0.1, -0.05) is 6.07 Å². The van der Waals surface area contributed by atoms with Crippen molar-refractivity contribution in [3.8, 4) is 0 Å². The summed E-state index contributed by atoms with van der Waals surface area (Å²) in [6.45, 7) is 5.32. The van der Waals surface area contributed by atoms with Gasteiger partial charge in [0.1, 0.15) is 6.04 Å². The molecule has 1 aromatic rings. The molecule has 0 spiro atoms. The van der Waals surface area contributed by atoms with Crippen molar-refractivity contribution in [2.24, 2.45) is 5.73 Å². The monoisotopic (exact) mass is 344 g/mol. The molecule has 1 atom stereocenters. The van der Waals surface area contributed by atoms with E-state index in [2.05, 4.69) is 10.6 Å². The van der Waals surface area contributed by atoms with Gasteiger partial charge in [0.2, 0.25) is 5.91 Å². The molecule has 4 N–H and O–H groups in total. The predicted octanol–water partition coefficient (Wildman–Crippen LogP) is 0.988.